The van der Waals surface area contributed by atoms with Crippen molar-refractivity contribution in [3.63, 3.8) is 0 Å². The van der Waals surface area contributed by atoms with Gasteiger partial charge in [-0.15, -0.1) is 0 Å². The van der Waals surface area contributed by atoms with Gasteiger partial charge in [-0.3, -0.25) is 0 Å². The van der Waals surface area contributed by atoms with Crippen LogP contribution in [-0.2, 0) is 0 Å². The Morgan fingerprint density at radius 3 is 2.61 bits per heavy atom. The summed E-state index contributed by atoms with van der Waals surface area (Å²) >= 11 is 12.3. The van der Waals surface area contributed by atoms with E-state index in [0.29, 0.717) is 15.5 Å². The van der Waals surface area contributed by atoms with Crippen molar-refractivity contribution in [1.29, 1.82) is 0 Å². The van der Waals surface area contributed by atoms with Crippen molar-refractivity contribution < 1.29 is 0 Å². The van der Waals surface area contributed by atoms with E-state index >= 15 is 0 Å². The molecule has 2 rings (SSSR count). The highest BCUT2D eigenvalue weighted by Crippen LogP contribution is 2.37. The summed E-state index contributed by atoms with van der Waals surface area (Å²) < 4.78 is 0. The van der Waals surface area contributed by atoms with E-state index in [9.17, 15) is 0 Å². The Labute approximate surface area is 120 Å². The molecule has 0 spiro atoms. The van der Waals surface area contributed by atoms with Crippen LogP contribution in [0.3, 0.4) is 0 Å². The fourth-order valence-corrected chi connectivity index (χ4v) is 3.24. The Kier molecular flexibility index (Phi) is 4.58. The van der Waals surface area contributed by atoms with Gasteiger partial charge in [-0.1, -0.05) is 55.1 Å². The SMILES string of the molecule is CC(NCC1(C)CCCC1)c1cccc(Cl)c1Cl. The van der Waals surface area contributed by atoms with Gasteiger partial charge in [-0.2, -0.15) is 0 Å². The van der Waals surface area contributed by atoms with E-state index in [4.69, 9.17) is 23.2 Å². The van der Waals surface area contributed by atoms with Crippen LogP contribution in [0.4, 0.5) is 0 Å². The predicted molar refractivity (Wildman–Crippen MR) is 79.5 cm³/mol. The average Bonchev–Trinajstić information content (AvgIpc) is 2.77. The first-order chi connectivity index (χ1) is 8.52. The van der Waals surface area contributed by atoms with Crippen molar-refractivity contribution in [3.05, 3.63) is 33.8 Å². The van der Waals surface area contributed by atoms with E-state index in [0.717, 1.165) is 12.1 Å². The third kappa shape index (κ3) is 3.20. The van der Waals surface area contributed by atoms with E-state index in [1.165, 1.54) is 25.7 Å². The fourth-order valence-electron chi connectivity index (χ4n) is 2.77. The van der Waals surface area contributed by atoms with Gasteiger partial charge in [0.15, 0.2) is 0 Å². The molecule has 1 aliphatic carbocycles. The first kappa shape index (κ1) is 14.2. The zero-order valence-electron chi connectivity index (χ0n) is 11.1. The van der Waals surface area contributed by atoms with Crippen molar-refractivity contribution in [2.24, 2.45) is 5.41 Å². The number of benzene rings is 1. The van der Waals surface area contributed by atoms with Crippen LogP contribution in [0.5, 0.6) is 0 Å². The Morgan fingerprint density at radius 2 is 1.94 bits per heavy atom. The fraction of sp³-hybridized carbons (Fsp3) is 0.600. The summed E-state index contributed by atoms with van der Waals surface area (Å²) in [6, 6.07) is 6.08. The Balaban J connectivity index is 1.99. The molecule has 1 aromatic rings. The molecule has 0 radical (unpaired) electrons. The summed E-state index contributed by atoms with van der Waals surface area (Å²) in [4.78, 5) is 0. The molecule has 0 aliphatic heterocycles. The van der Waals surface area contributed by atoms with Gasteiger partial charge in [0.1, 0.15) is 0 Å². The number of halogens is 2. The highest BCUT2D eigenvalue weighted by atomic mass is 35.5. The van der Waals surface area contributed by atoms with Crippen LogP contribution >= 0.6 is 23.2 Å². The molecule has 1 nitrogen and oxygen atoms in total. The van der Waals surface area contributed by atoms with Gasteiger partial charge in [0.2, 0.25) is 0 Å². The lowest BCUT2D eigenvalue weighted by Gasteiger charge is -2.27. The van der Waals surface area contributed by atoms with Crippen molar-refractivity contribution >= 4 is 23.2 Å². The van der Waals surface area contributed by atoms with E-state index < -0.39 is 0 Å². The van der Waals surface area contributed by atoms with Gasteiger partial charge in [-0.05, 0) is 36.8 Å². The highest BCUT2D eigenvalue weighted by molar-refractivity contribution is 6.42. The average molecular weight is 286 g/mol. The third-order valence-corrected chi connectivity index (χ3v) is 4.93. The van der Waals surface area contributed by atoms with E-state index in [1.54, 1.807) is 0 Å². The maximum Gasteiger partial charge on any atom is 0.0639 e. The van der Waals surface area contributed by atoms with Crippen molar-refractivity contribution in [3.8, 4) is 0 Å². The molecule has 3 heteroatoms. The molecule has 100 valence electrons. The molecule has 0 bridgehead atoms. The lowest BCUT2D eigenvalue weighted by Crippen LogP contribution is -2.31. The molecular weight excluding hydrogens is 265 g/mol. The quantitative estimate of drug-likeness (QED) is 0.799. The molecule has 1 N–H and O–H groups in total. The van der Waals surface area contributed by atoms with E-state index in [2.05, 4.69) is 19.2 Å². The first-order valence-corrected chi connectivity index (χ1v) is 7.45. The van der Waals surface area contributed by atoms with Crippen LogP contribution < -0.4 is 5.32 Å². The minimum absolute atomic E-state index is 0.244. The minimum Gasteiger partial charge on any atom is -0.310 e. The highest BCUT2D eigenvalue weighted by Gasteiger charge is 2.28. The Bertz CT molecular complexity index is 411. The zero-order chi connectivity index (χ0) is 13.2. The largest absolute Gasteiger partial charge is 0.310 e. The minimum atomic E-state index is 0.244. The van der Waals surface area contributed by atoms with Crippen LogP contribution in [0, 0.1) is 5.41 Å². The summed E-state index contributed by atoms with van der Waals surface area (Å²) in [5.74, 6) is 0. The second-order valence-corrected chi connectivity index (χ2v) is 6.55. The molecule has 1 aromatic carbocycles. The molecule has 1 fully saturated rings. The summed E-state index contributed by atoms with van der Waals surface area (Å²) in [6.45, 7) is 5.58. The molecule has 0 aromatic heterocycles. The summed E-state index contributed by atoms with van der Waals surface area (Å²) in [5, 5.41) is 4.92. The number of hydrogen-bond donors (Lipinski definition) is 1. The van der Waals surface area contributed by atoms with Crippen molar-refractivity contribution in [2.75, 3.05) is 6.54 Å². The summed E-state index contributed by atoms with van der Waals surface area (Å²) in [6.07, 6.45) is 5.39. The van der Waals surface area contributed by atoms with Crippen molar-refractivity contribution in [1.82, 2.24) is 5.32 Å². The smallest absolute Gasteiger partial charge is 0.0639 e. The topological polar surface area (TPSA) is 12.0 Å². The molecular formula is C15H21Cl2N. The zero-order valence-corrected chi connectivity index (χ0v) is 12.6. The van der Waals surface area contributed by atoms with Gasteiger partial charge in [0, 0.05) is 12.6 Å². The van der Waals surface area contributed by atoms with E-state index in [1.807, 2.05) is 18.2 Å². The molecule has 0 saturated heterocycles. The van der Waals surface area contributed by atoms with Crippen LogP contribution in [0.25, 0.3) is 0 Å². The van der Waals surface area contributed by atoms with Crippen LogP contribution in [0.1, 0.15) is 51.1 Å². The molecule has 1 saturated carbocycles. The van der Waals surface area contributed by atoms with E-state index in [-0.39, 0.29) is 6.04 Å². The van der Waals surface area contributed by atoms with Crippen LogP contribution in [-0.4, -0.2) is 6.54 Å². The molecule has 0 heterocycles. The van der Waals surface area contributed by atoms with Gasteiger partial charge < -0.3 is 5.32 Å². The summed E-state index contributed by atoms with van der Waals surface area (Å²) in [5.41, 5.74) is 1.55. The van der Waals surface area contributed by atoms with Gasteiger partial charge >= 0.3 is 0 Å². The molecule has 1 aliphatic rings. The third-order valence-electron chi connectivity index (χ3n) is 4.09. The molecule has 1 atom stereocenters. The van der Waals surface area contributed by atoms with Crippen LogP contribution in [0.15, 0.2) is 18.2 Å². The Hall–Kier alpha value is -0.240. The second-order valence-electron chi connectivity index (χ2n) is 5.76. The van der Waals surface area contributed by atoms with Gasteiger partial charge in [-0.25, -0.2) is 0 Å². The molecule has 1 unspecified atom stereocenters. The van der Waals surface area contributed by atoms with Crippen LogP contribution in [0.2, 0.25) is 10.0 Å². The number of nitrogens with one attached hydrogen (secondary N) is 1. The first-order valence-electron chi connectivity index (χ1n) is 6.69. The number of hydrogen-bond acceptors (Lipinski definition) is 1. The normalized spacial score (nSPS) is 20.0. The van der Waals surface area contributed by atoms with Gasteiger partial charge in [0.05, 0.1) is 10.0 Å². The standard InChI is InChI=1S/C15H21Cl2N/c1-11(12-6-5-7-13(16)14(12)17)18-10-15(2)8-3-4-9-15/h5-7,11,18H,3-4,8-10H2,1-2H3. The maximum atomic E-state index is 6.25. The predicted octanol–water partition coefficient (Wildman–Crippen LogP) is 5.22. The summed E-state index contributed by atoms with van der Waals surface area (Å²) in [7, 11) is 0. The second kappa shape index (κ2) is 5.81. The lowest BCUT2D eigenvalue weighted by atomic mass is 9.88. The molecule has 0 amide bonds. The Morgan fingerprint density at radius 1 is 1.28 bits per heavy atom. The lowest BCUT2D eigenvalue weighted by molar-refractivity contribution is 0.302. The van der Waals surface area contributed by atoms with Gasteiger partial charge in [0.25, 0.3) is 0 Å². The maximum absolute atomic E-state index is 6.25. The number of rotatable bonds is 4. The monoisotopic (exact) mass is 285 g/mol. The molecule has 18 heavy (non-hydrogen) atoms. The van der Waals surface area contributed by atoms with Crippen molar-refractivity contribution in [2.45, 2.75) is 45.6 Å².